The van der Waals surface area contributed by atoms with Crippen LogP contribution in [-0.4, -0.2) is 8.42 Å². The van der Waals surface area contributed by atoms with Crippen LogP contribution in [0.5, 0.6) is 0 Å². The van der Waals surface area contributed by atoms with Gasteiger partial charge < -0.3 is 5.73 Å². The molecule has 4 nitrogen and oxygen atoms in total. The van der Waals surface area contributed by atoms with Crippen molar-refractivity contribution < 1.29 is 8.42 Å². The standard InChI is InChI=1S/C12H13ClN2O2S2/c1-2-9-4-6-12(18-9)19(16,17)15-11-7-8(14)3-5-10(11)13/h3-7,15H,2,14H2,1H3. The van der Waals surface area contributed by atoms with E-state index in [1.165, 1.54) is 17.4 Å². The molecule has 0 spiro atoms. The van der Waals surface area contributed by atoms with Gasteiger partial charge in [0.1, 0.15) is 4.21 Å². The Bertz CT molecular complexity index is 696. The summed E-state index contributed by atoms with van der Waals surface area (Å²) in [6.07, 6.45) is 0.805. The second-order valence-corrected chi connectivity index (χ2v) is 7.40. The van der Waals surface area contributed by atoms with E-state index >= 15 is 0 Å². The molecule has 19 heavy (non-hydrogen) atoms. The summed E-state index contributed by atoms with van der Waals surface area (Å²) in [6.45, 7) is 1.98. The molecule has 1 aromatic heterocycles. The number of hydrogen-bond donors (Lipinski definition) is 2. The minimum absolute atomic E-state index is 0.267. The molecule has 0 aliphatic heterocycles. The minimum atomic E-state index is -3.61. The van der Waals surface area contributed by atoms with E-state index in [2.05, 4.69) is 4.72 Å². The maximum Gasteiger partial charge on any atom is 0.271 e. The number of aryl methyl sites for hydroxylation is 1. The Morgan fingerprint density at radius 3 is 2.68 bits per heavy atom. The summed E-state index contributed by atoms with van der Waals surface area (Å²) in [6, 6.07) is 8.06. The van der Waals surface area contributed by atoms with E-state index in [1.807, 2.05) is 6.92 Å². The van der Waals surface area contributed by atoms with Crippen LogP contribution in [0.1, 0.15) is 11.8 Å². The van der Waals surface area contributed by atoms with Gasteiger partial charge in [-0.2, -0.15) is 0 Å². The van der Waals surface area contributed by atoms with Gasteiger partial charge in [-0.05, 0) is 36.8 Å². The first kappa shape index (κ1) is 14.2. The number of anilines is 2. The minimum Gasteiger partial charge on any atom is -0.399 e. The Morgan fingerprint density at radius 1 is 1.32 bits per heavy atom. The fourth-order valence-electron chi connectivity index (χ4n) is 1.51. The summed E-state index contributed by atoms with van der Waals surface area (Å²) in [5, 5.41) is 0.310. The van der Waals surface area contributed by atoms with Crippen molar-refractivity contribution >= 4 is 44.3 Å². The molecule has 0 radical (unpaired) electrons. The zero-order valence-corrected chi connectivity index (χ0v) is 12.6. The van der Waals surface area contributed by atoms with Crippen LogP contribution >= 0.6 is 22.9 Å². The summed E-state index contributed by atoms with van der Waals surface area (Å²) >= 11 is 7.19. The number of rotatable bonds is 4. The highest BCUT2D eigenvalue weighted by Crippen LogP contribution is 2.29. The number of halogens is 1. The third kappa shape index (κ3) is 3.20. The molecule has 0 aliphatic rings. The maximum atomic E-state index is 12.2. The highest BCUT2D eigenvalue weighted by atomic mass is 35.5. The van der Waals surface area contributed by atoms with Crippen molar-refractivity contribution in [2.75, 3.05) is 10.5 Å². The van der Waals surface area contributed by atoms with Gasteiger partial charge >= 0.3 is 0 Å². The Balaban J connectivity index is 2.33. The predicted molar refractivity (Wildman–Crippen MR) is 80.4 cm³/mol. The van der Waals surface area contributed by atoms with Crippen LogP contribution in [0, 0.1) is 0 Å². The second-order valence-electron chi connectivity index (χ2n) is 3.92. The van der Waals surface area contributed by atoms with Crippen LogP contribution in [0.4, 0.5) is 11.4 Å². The van der Waals surface area contributed by atoms with E-state index in [0.29, 0.717) is 10.7 Å². The highest BCUT2D eigenvalue weighted by molar-refractivity contribution is 7.94. The number of sulfonamides is 1. The van der Waals surface area contributed by atoms with Gasteiger partial charge in [0.25, 0.3) is 10.0 Å². The largest absolute Gasteiger partial charge is 0.399 e. The number of thiophene rings is 1. The average molecular weight is 317 g/mol. The summed E-state index contributed by atoms with van der Waals surface area (Å²) < 4.78 is 27.1. The van der Waals surface area contributed by atoms with Gasteiger partial charge in [0.2, 0.25) is 0 Å². The summed E-state index contributed by atoms with van der Waals surface area (Å²) in [7, 11) is -3.61. The Labute approximate surface area is 121 Å². The molecule has 3 N–H and O–H groups in total. The lowest BCUT2D eigenvalue weighted by molar-refractivity contribution is 0.603. The molecule has 0 saturated heterocycles. The molecular formula is C12H13ClN2O2S2. The SMILES string of the molecule is CCc1ccc(S(=O)(=O)Nc2cc(N)ccc2Cl)s1. The highest BCUT2D eigenvalue weighted by Gasteiger charge is 2.18. The van der Waals surface area contributed by atoms with E-state index in [9.17, 15) is 8.42 Å². The van der Waals surface area contributed by atoms with Gasteiger partial charge in [-0.15, -0.1) is 11.3 Å². The molecule has 7 heteroatoms. The number of nitrogen functional groups attached to an aromatic ring is 1. The van der Waals surface area contributed by atoms with Gasteiger partial charge in [-0.1, -0.05) is 18.5 Å². The van der Waals surface area contributed by atoms with Crippen molar-refractivity contribution in [2.24, 2.45) is 0 Å². The lowest BCUT2D eigenvalue weighted by atomic mass is 10.3. The van der Waals surface area contributed by atoms with Crippen LogP contribution in [0.3, 0.4) is 0 Å². The molecule has 0 amide bonds. The van der Waals surface area contributed by atoms with Crippen molar-refractivity contribution in [1.29, 1.82) is 0 Å². The van der Waals surface area contributed by atoms with E-state index < -0.39 is 10.0 Å². The molecule has 0 fully saturated rings. The molecule has 0 unspecified atom stereocenters. The van der Waals surface area contributed by atoms with E-state index in [4.69, 9.17) is 17.3 Å². The molecule has 1 aromatic carbocycles. The fraction of sp³-hybridized carbons (Fsp3) is 0.167. The fourth-order valence-corrected chi connectivity index (χ4v) is 4.10. The van der Waals surface area contributed by atoms with Gasteiger partial charge in [-0.25, -0.2) is 8.42 Å². The topological polar surface area (TPSA) is 72.2 Å². The maximum absolute atomic E-state index is 12.2. The molecule has 0 atom stereocenters. The molecule has 0 aliphatic carbocycles. The number of hydrogen-bond acceptors (Lipinski definition) is 4. The van der Waals surface area contributed by atoms with Crippen LogP contribution in [0.2, 0.25) is 5.02 Å². The molecule has 0 saturated carbocycles. The first-order chi connectivity index (χ1) is 8.92. The summed E-state index contributed by atoms with van der Waals surface area (Å²) in [4.78, 5) is 1.01. The van der Waals surface area contributed by atoms with Crippen molar-refractivity contribution in [3.63, 3.8) is 0 Å². The average Bonchev–Trinajstić information content (AvgIpc) is 2.83. The normalized spacial score (nSPS) is 11.5. The Kier molecular flexibility index (Phi) is 4.03. The second kappa shape index (κ2) is 5.40. The molecule has 2 aromatic rings. The first-order valence-electron chi connectivity index (χ1n) is 5.59. The Hall–Kier alpha value is -1.24. The molecule has 2 rings (SSSR count). The van der Waals surface area contributed by atoms with Crippen molar-refractivity contribution in [3.05, 3.63) is 40.2 Å². The molecule has 0 bridgehead atoms. The number of benzene rings is 1. The van der Waals surface area contributed by atoms with Crippen molar-refractivity contribution in [2.45, 2.75) is 17.6 Å². The molecular weight excluding hydrogens is 304 g/mol. The van der Waals surface area contributed by atoms with Gasteiger partial charge in [0.05, 0.1) is 10.7 Å². The lowest BCUT2D eigenvalue weighted by Gasteiger charge is -2.08. The zero-order chi connectivity index (χ0) is 14.0. The van der Waals surface area contributed by atoms with Crippen molar-refractivity contribution in [3.8, 4) is 0 Å². The van der Waals surface area contributed by atoms with Gasteiger partial charge in [0.15, 0.2) is 0 Å². The van der Waals surface area contributed by atoms with Crippen LogP contribution in [0.25, 0.3) is 0 Å². The van der Waals surface area contributed by atoms with Crippen LogP contribution in [0.15, 0.2) is 34.5 Å². The lowest BCUT2D eigenvalue weighted by Crippen LogP contribution is -2.12. The summed E-state index contributed by atoms with van der Waals surface area (Å²) in [5.41, 5.74) is 6.35. The smallest absolute Gasteiger partial charge is 0.271 e. The summed E-state index contributed by atoms with van der Waals surface area (Å²) in [5.74, 6) is 0. The monoisotopic (exact) mass is 316 g/mol. The Morgan fingerprint density at radius 2 is 2.05 bits per heavy atom. The molecule has 102 valence electrons. The third-order valence-corrected chi connectivity index (χ3v) is 5.90. The number of nitrogens with one attached hydrogen (secondary N) is 1. The molecule has 1 heterocycles. The predicted octanol–water partition coefficient (Wildman–Crippen LogP) is 3.35. The third-order valence-electron chi connectivity index (χ3n) is 2.49. The van der Waals surface area contributed by atoms with E-state index in [1.54, 1.807) is 24.3 Å². The van der Waals surface area contributed by atoms with Crippen molar-refractivity contribution in [1.82, 2.24) is 0 Å². The number of nitrogens with two attached hydrogens (primary N) is 1. The van der Waals surface area contributed by atoms with E-state index in [-0.39, 0.29) is 9.90 Å². The van der Waals surface area contributed by atoms with Gasteiger partial charge in [-0.3, -0.25) is 4.72 Å². The van der Waals surface area contributed by atoms with Crippen LogP contribution in [-0.2, 0) is 16.4 Å². The first-order valence-corrected chi connectivity index (χ1v) is 8.26. The van der Waals surface area contributed by atoms with Gasteiger partial charge in [0, 0.05) is 10.6 Å². The van der Waals surface area contributed by atoms with E-state index in [0.717, 1.165) is 11.3 Å². The quantitative estimate of drug-likeness (QED) is 0.850. The van der Waals surface area contributed by atoms with Crippen LogP contribution < -0.4 is 10.5 Å². The zero-order valence-electron chi connectivity index (χ0n) is 10.2.